The van der Waals surface area contributed by atoms with Crippen LogP contribution in [0.1, 0.15) is 39.7 Å². The van der Waals surface area contributed by atoms with Gasteiger partial charge in [0.2, 0.25) is 11.8 Å². The Morgan fingerprint density at radius 3 is 2.67 bits per heavy atom. The Labute approximate surface area is 125 Å². The van der Waals surface area contributed by atoms with Crippen molar-refractivity contribution in [3.8, 4) is 0 Å². The third-order valence-electron chi connectivity index (χ3n) is 4.23. The largest absolute Gasteiger partial charge is 0.336 e. The average molecular weight is 292 g/mol. The molecular weight excluding hydrogens is 268 g/mol. The minimum atomic E-state index is -0.399. The lowest BCUT2D eigenvalue weighted by Gasteiger charge is -2.33. The van der Waals surface area contributed by atoms with E-state index in [1.807, 2.05) is 4.90 Å². The van der Waals surface area contributed by atoms with E-state index in [-0.39, 0.29) is 23.9 Å². The van der Waals surface area contributed by atoms with Crippen LogP contribution in [0.3, 0.4) is 0 Å². The van der Waals surface area contributed by atoms with Crippen molar-refractivity contribution in [3.05, 3.63) is 18.5 Å². The molecule has 6 nitrogen and oxygen atoms in total. The molecule has 1 aromatic heterocycles. The molecule has 0 N–H and O–H groups in total. The zero-order valence-corrected chi connectivity index (χ0v) is 13.2. The molecule has 2 rings (SSSR count). The van der Waals surface area contributed by atoms with Crippen LogP contribution in [0.25, 0.3) is 0 Å². The second kappa shape index (κ2) is 5.87. The highest BCUT2D eigenvalue weighted by molar-refractivity contribution is 5.86. The zero-order valence-electron chi connectivity index (χ0n) is 13.2. The van der Waals surface area contributed by atoms with Crippen LogP contribution in [0, 0.1) is 0 Å². The molecule has 1 aliphatic rings. The quantitative estimate of drug-likeness (QED) is 0.840. The summed E-state index contributed by atoms with van der Waals surface area (Å²) >= 11 is 0. The van der Waals surface area contributed by atoms with Gasteiger partial charge in [0.15, 0.2) is 0 Å². The van der Waals surface area contributed by atoms with Crippen LogP contribution in [0.15, 0.2) is 18.5 Å². The minimum absolute atomic E-state index is 0.0148. The van der Waals surface area contributed by atoms with Crippen LogP contribution in [-0.2, 0) is 9.59 Å². The van der Waals surface area contributed by atoms with Crippen molar-refractivity contribution in [2.75, 3.05) is 20.1 Å². The van der Waals surface area contributed by atoms with E-state index >= 15 is 0 Å². The normalized spacial score (nSPS) is 18.6. The highest BCUT2D eigenvalue weighted by atomic mass is 16.2. The monoisotopic (exact) mass is 292 g/mol. The van der Waals surface area contributed by atoms with E-state index in [9.17, 15) is 9.59 Å². The fourth-order valence-corrected chi connectivity index (χ4v) is 2.88. The van der Waals surface area contributed by atoms with Crippen LogP contribution >= 0.6 is 0 Å². The van der Waals surface area contributed by atoms with Crippen molar-refractivity contribution in [2.24, 2.45) is 0 Å². The summed E-state index contributed by atoms with van der Waals surface area (Å²) in [6, 6.07) is 1.38. The van der Waals surface area contributed by atoms with Gasteiger partial charge < -0.3 is 9.80 Å². The predicted octanol–water partition coefficient (Wildman–Crippen LogP) is 1.30. The lowest BCUT2D eigenvalue weighted by molar-refractivity contribution is -0.142. The molecule has 116 valence electrons. The summed E-state index contributed by atoms with van der Waals surface area (Å²) in [5.74, 6) is -0.0925. The van der Waals surface area contributed by atoms with Crippen LogP contribution in [0.5, 0.6) is 0 Å². The van der Waals surface area contributed by atoms with Gasteiger partial charge in [0.25, 0.3) is 0 Å². The molecule has 6 heteroatoms. The van der Waals surface area contributed by atoms with E-state index in [0.29, 0.717) is 0 Å². The van der Waals surface area contributed by atoms with Crippen molar-refractivity contribution in [1.82, 2.24) is 19.6 Å². The third kappa shape index (κ3) is 3.25. The van der Waals surface area contributed by atoms with Crippen molar-refractivity contribution >= 4 is 11.8 Å². The maximum absolute atomic E-state index is 12.4. The molecule has 1 saturated heterocycles. The first-order valence-corrected chi connectivity index (χ1v) is 7.37. The van der Waals surface area contributed by atoms with Crippen LogP contribution in [-0.4, -0.2) is 57.1 Å². The summed E-state index contributed by atoms with van der Waals surface area (Å²) in [4.78, 5) is 28.1. The number of nitrogens with zero attached hydrogens (tertiary/aromatic N) is 4. The number of hydrogen-bond donors (Lipinski definition) is 0. The van der Waals surface area contributed by atoms with Gasteiger partial charge in [-0.2, -0.15) is 5.10 Å². The maximum atomic E-state index is 12.4. The van der Waals surface area contributed by atoms with Crippen molar-refractivity contribution in [3.63, 3.8) is 0 Å². The van der Waals surface area contributed by atoms with Crippen LogP contribution < -0.4 is 0 Å². The van der Waals surface area contributed by atoms with Crippen LogP contribution in [0.2, 0.25) is 0 Å². The number of rotatable bonds is 4. The molecule has 0 aliphatic carbocycles. The van der Waals surface area contributed by atoms with E-state index in [1.54, 1.807) is 37.1 Å². The molecule has 1 aliphatic heterocycles. The van der Waals surface area contributed by atoms with Crippen LogP contribution in [0.4, 0.5) is 0 Å². The SMILES string of the molecule is CC(C(=O)N(C)CC(=O)N1CCCC1(C)C)n1cccn1. The predicted molar refractivity (Wildman–Crippen MR) is 79.6 cm³/mol. The van der Waals surface area contributed by atoms with E-state index in [2.05, 4.69) is 18.9 Å². The second-order valence-corrected chi connectivity index (χ2v) is 6.32. The zero-order chi connectivity index (χ0) is 15.6. The van der Waals surface area contributed by atoms with Gasteiger partial charge >= 0.3 is 0 Å². The summed E-state index contributed by atoms with van der Waals surface area (Å²) in [6.07, 6.45) is 5.43. The summed E-state index contributed by atoms with van der Waals surface area (Å²) in [7, 11) is 1.67. The average Bonchev–Trinajstić information content (AvgIpc) is 3.05. The molecule has 1 fully saturated rings. The summed E-state index contributed by atoms with van der Waals surface area (Å²) in [6.45, 7) is 6.84. The van der Waals surface area contributed by atoms with Gasteiger partial charge in [0.05, 0.1) is 6.54 Å². The van der Waals surface area contributed by atoms with Gasteiger partial charge in [-0.25, -0.2) is 0 Å². The van der Waals surface area contributed by atoms with Gasteiger partial charge in [-0.15, -0.1) is 0 Å². The molecule has 0 radical (unpaired) electrons. The summed E-state index contributed by atoms with van der Waals surface area (Å²) < 4.78 is 1.60. The molecule has 0 saturated carbocycles. The first-order chi connectivity index (χ1) is 9.83. The molecule has 0 bridgehead atoms. The standard InChI is InChI=1S/C15H24N4O2/c1-12(19-10-6-8-16-19)14(21)17(4)11-13(20)18-9-5-7-15(18,2)3/h6,8,10,12H,5,7,9,11H2,1-4H3. The number of hydrogen-bond acceptors (Lipinski definition) is 3. The molecule has 0 spiro atoms. The molecular formula is C15H24N4O2. The second-order valence-electron chi connectivity index (χ2n) is 6.32. The third-order valence-corrected chi connectivity index (χ3v) is 4.23. The first-order valence-electron chi connectivity index (χ1n) is 7.37. The van der Waals surface area contributed by atoms with E-state index in [1.165, 1.54) is 4.90 Å². The summed E-state index contributed by atoms with van der Waals surface area (Å²) in [5, 5.41) is 4.07. The van der Waals surface area contributed by atoms with Crippen molar-refractivity contribution in [2.45, 2.75) is 45.2 Å². The van der Waals surface area contributed by atoms with Gasteiger partial charge in [0.1, 0.15) is 6.04 Å². The van der Waals surface area contributed by atoms with E-state index < -0.39 is 6.04 Å². The molecule has 2 amide bonds. The Kier molecular flexibility index (Phi) is 4.34. The van der Waals surface area contributed by atoms with Gasteiger partial charge in [-0.3, -0.25) is 14.3 Å². The van der Waals surface area contributed by atoms with E-state index in [4.69, 9.17) is 0 Å². The molecule has 2 heterocycles. The number of aromatic nitrogens is 2. The Bertz CT molecular complexity index is 510. The van der Waals surface area contributed by atoms with Crippen molar-refractivity contribution < 1.29 is 9.59 Å². The first kappa shape index (κ1) is 15.5. The van der Waals surface area contributed by atoms with E-state index in [0.717, 1.165) is 19.4 Å². The Hall–Kier alpha value is -1.85. The number of amides is 2. The topological polar surface area (TPSA) is 58.4 Å². The fourth-order valence-electron chi connectivity index (χ4n) is 2.88. The molecule has 21 heavy (non-hydrogen) atoms. The number of likely N-dealkylation sites (tertiary alicyclic amines) is 1. The maximum Gasteiger partial charge on any atom is 0.247 e. The van der Waals surface area contributed by atoms with Gasteiger partial charge in [0, 0.05) is 31.5 Å². The number of carbonyl (C=O) groups excluding carboxylic acids is 2. The minimum Gasteiger partial charge on any atom is -0.336 e. The highest BCUT2D eigenvalue weighted by Crippen LogP contribution is 2.28. The number of likely N-dealkylation sites (N-methyl/N-ethyl adjacent to an activating group) is 1. The molecule has 1 aromatic rings. The lowest BCUT2D eigenvalue weighted by atomic mass is 10.0. The van der Waals surface area contributed by atoms with Crippen molar-refractivity contribution in [1.29, 1.82) is 0 Å². The Balaban J connectivity index is 1.96. The molecule has 0 aromatic carbocycles. The molecule has 1 unspecified atom stereocenters. The summed E-state index contributed by atoms with van der Waals surface area (Å²) in [5.41, 5.74) is -0.103. The van der Waals surface area contributed by atoms with Gasteiger partial charge in [-0.1, -0.05) is 0 Å². The lowest BCUT2D eigenvalue weighted by Crippen LogP contribution is -2.48. The molecule has 1 atom stereocenters. The fraction of sp³-hybridized carbons (Fsp3) is 0.667. The van der Waals surface area contributed by atoms with Gasteiger partial charge in [-0.05, 0) is 39.7 Å². The number of carbonyl (C=O) groups is 2. The Morgan fingerprint density at radius 1 is 1.43 bits per heavy atom. The smallest absolute Gasteiger partial charge is 0.247 e. The highest BCUT2D eigenvalue weighted by Gasteiger charge is 2.36. The Morgan fingerprint density at radius 2 is 2.14 bits per heavy atom.